The van der Waals surface area contributed by atoms with Gasteiger partial charge in [-0.3, -0.25) is 9.59 Å². The normalized spacial score (nSPS) is 11.7. The fourth-order valence-corrected chi connectivity index (χ4v) is 5.79. The molecular formula is C39H76O7. The highest BCUT2D eigenvalue weighted by Crippen LogP contribution is 2.19. The predicted octanol–water partition coefficient (Wildman–Crippen LogP) is 9.76. The number of unbranched alkanes of at least 4 members (excludes halogenated alkanes) is 26. The molecule has 274 valence electrons. The summed E-state index contributed by atoms with van der Waals surface area (Å²) < 4.78 is 10.9. The van der Waals surface area contributed by atoms with Gasteiger partial charge in [0.15, 0.2) is 0 Å². The number of rotatable bonds is 37. The van der Waals surface area contributed by atoms with Crippen LogP contribution < -0.4 is 0 Å². The first-order chi connectivity index (χ1) is 22.5. The van der Waals surface area contributed by atoms with Crippen LogP contribution >= 0.6 is 0 Å². The van der Waals surface area contributed by atoms with Crippen molar-refractivity contribution in [2.45, 2.75) is 200 Å². The van der Waals surface area contributed by atoms with Gasteiger partial charge in [-0.05, 0) is 25.7 Å². The van der Waals surface area contributed by atoms with Crippen LogP contribution in [-0.4, -0.2) is 60.3 Å². The molecule has 0 aromatic rings. The van der Waals surface area contributed by atoms with Crippen molar-refractivity contribution in [1.82, 2.24) is 0 Å². The number of esters is 2. The van der Waals surface area contributed by atoms with E-state index >= 15 is 0 Å². The molecule has 0 aromatic carbocycles. The zero-order chi connectivity index (χ0) is 33.8. The average molecular weight is 657 g/mol. The molecule has 0 aliphatic heterocycles. The first kappa shape index (κ1) is 44.8. The van der Waals surface area contributed by atoms with Gasteiger partial charge in [-0.25, -0.2) is 0 Å². The van der Waals surface area contributed by atoms with E-state index < -0.39 is 5.41 Å². The molecule has 0 unspecified atom stereocenters. The Balaban J connectivity index is 3.61. The van der Waals surface area contributed by atoms with Gasteiger partial charge in [-0.15, -0.1) is 0 Å². The lowest BCUT2D eigenvalue weighted by Crippen LogP contribution is -2.35. The van der Waals surface area contributed by atoms with Crippen molar-refractivity contribution < 1.29 is 34.4 Å². The standard InChI is InChI=1S/C39H76O7/c1-39(34-42,35-45-37(43)30-26-22-18-14-10-6-2-4-8-12-16-20-24-28-32-40)36-46-38(44)31-27-23-19-15-11-7-3-5-9-13-17-21-25-29-33-41/h40-42H,2-36H2,1H3. The molecule has 0 aliphatic carbocycles. The Morgan fingerprint density at radius 2 is 0.609 bits per heavy atom. The van der Waals surface area contributed by atoms with E-state index in [-0.39, 0.29) is 31.8 Å². The maximum Gasteiger partial charge on any atom is 0.305 e. The van der Waals surface area contributed by atoms with Crippen LogP contribution in [0.25, 0.3) is 0 Å². The Hall–Kier alpha value is -1.18. The minimum Gasteiger partial charge on any atom is -0.465 e. The van der Waals surface area contributed by atoms with Crippen molar-refractivity contribution >= 4 is 11.9 Å². The molecule has 0 bridgehead atoms. The third-order valence-electron chi connectivity index (χ3n) is 9.12. The molecule has 7 nitrogen and oxygen atoms in total. The average Bonchev–Trinajstić information content (AvgIpc) is 3.06. The number of aliphatic hydroxyl groups excluding tert-OH is 3. The third-order valence-corrected chi connectivity index (χ3v) is 9.12. The smallest absolute Gasteiger partial charge is 0.305 e. The first-order valence-corrected chi connectivity index (χ1v) is 19.6. The van der Waals surface area contributed by atoms with E-state index in [1.807, 2.05) is 0 Å². The van der Waals surface area contributed by atoms with Gasteiger partial charge in [0, 0.05) is 26.1 Å². The Bertz CT molecular complexity index is 604. The van der Waals surface area contributed by atoms with E-state index in [4.69, 9.17) is 19.7 Å². The number of aliphatic hydroxyl groups is 3. The second kappa shape index (κ2) is 35.1. The fourth-order valence-electron chi connectivity index (χ4n) is 5.79. The second-order valence-electron chi connectivity index (χ2n) is 14.1. The summed E-state index contributed by atoms with van der Waals surface area (Å²) in [6.45, 7) is 2.34. The van der Waals surface area contributed by atoms with Crippen LogP contribution in [-0.2, 0) is 19.1 Å². The Morgan fingerprint density at radius 3 is 0.826 bits per heavy atom. The zero-order valence-electron chi connectivity index (χ0n) is 30.2. The number of hydrogen-bond acceptors (Lipinski definition) is 7. The molecule has 0 fully saturated rings. The Labute approximate surface area is 284 Å². The van der Waals surface area contributed by atoms with E-state index in [2.05, 4.69) is 0 Å². The van der Waals surface area contributed by atoms with Crippen LogP contribution in [0, 0.1) is 5.41 Å². The van der Waals surface area contributed by atoms with Crippen LogP contribution in [0.4, 0.5) is 0 Å². The predicted molar refractivity (Wildman–Crippen MR) is 190 cm³/mol. The summed E-state index contributed by atoms with van der Waals surface area (Å²) >= 11 is 0. The summed E-state index contributed by atoms with van der Waals surface area (Å²) in [5, 5.41) is 27.4. The highest BCUT2D eigenvalue weighted by molar-refractivity contribution is 5.69. The molecule has 7 heteroatoms. The molecule has 3 N–H and O–H groups in total. The van der Waals surface area contributed by atoms with Crippen molar-refractivity contribution in [3.05, 3.63) is 0 Å². The number of hydrogen-bond donors (Lipinski definition) is 3. The number of carbonyl (C=O) groups is 2. The summed E-state index contributed by atoms with van der Waals surface area (Å²) in [7, 11) is 0. The van der Waals surface area contributed by atoms with Gasteiger partial charge in [0.2, 0.25) is 0 Å². The van der Waals surface area contributed by atoms with Gasteiger partial charge >= 0.3 is 11.9 Å². The molecule has 0 amide bonds. The van der Waals surface area contributed by atoms with Crippen molar-refractivity contribution in [3.63, 3.8) is 0 Å². The molecule has 0 atom stereocenters. The van der Waals surface area contributed by atoms with Gasteiger partial charge in [0.25, 0.3) is 0 Å². The van der Waals surface area contributed by atoms with Gasteiger partial charge in [-0.2, -0.15) is 0 Å². The van der Waals surface area contributed by atoms with E-state index in [0.717, 1.165) is 64.2 Å². The van der Waals surface area contributed by atoms with E-state index in [9.17, 15) is 14.7 Å². The van der Waals surface area contributed by atoms with Crippen molar-refractivity contribution in [1.29, 1.82) is 0 Å². The van der Waals surface area contributed by atoms with Gasteiger partial charge in [0.05, 0.1) is 12.0 Å². The Morgan fingerprint density at radius 1 is 0.391 bits per heavy atom. The summed E-state index contributed by atoms with van der Waals surface area (Å²) in [4.78, 5) is 24.4. The minimum atomic E-state index is -0.773. The Kier molecular flexibility index (Phi) is 34.2. The molecule has 46 heavy (non-hydrogen) atoms. The highest BCUT2D eigenvalue weighted by atomic mass is 16.5. The lowest BCUT2D eigenvalue weighted by atomic mass is 9.94. The van der Waals surface area contributed by atoms with Crippen LogP contribution in [0.15, 0.2) is 0 Å². The summed E-state index contributed by atoms with van der Waals surface area (Å²) in [5.74, 6) is -0.486. The molecular weight excluding hydrogens is 580 g/mol. The largest absolute Gasteiger partial charge is 0.465 e. The first-order valence-electron chi connectivity index (χ1n) is 19.6. The highest BCUT2D eigenvalue weighted by Gasteiger charge is 2.27. The minimum absolute atomic E-state index is 0.0584. The molecule has 0 aromatic heterocycles. The van der Waals surface area contributed by atoms with Crippen molar-refractivity contribution in [3.8, 4) is 0 Å². The summed E-state index contributed by atoms with van der Waals surface area (Å²) in [6.07, 6.45) is 34.3. The zero-order valence-corrected chi connectivity index (χ0v) is 30.2. The molecule has 0 aliphatic rings. The lowest BCUT2D eigenvalue weighted by molar-refractivity contribution is -0.155. The molecule has 0 heterocycles. The van der Waals surface area contributed by atoms with Gasteiger partial charge in [-0.1, -0.05) is 161 Å². The van der Waals surface area contributed by atoms with E-state index in [1.165, 1.54) is 116 Å². The van der Waals surface area contributed by atoms with E-state index in [0.29, 0.717) is 26.1 Å². The van der Waals surface area contributed by atoms with Crippen LogP contribution in [0.3, 0.4) is 0 Å². The second-order valence-corrected chi connectivity index (χ2v) is 14.1. The molecule has 0 radical (unpaired) electrons. The van der Waals surface area contributed by atoms with Crippen molar-refractivity contribution in [2.24, 2.45) is 5.41 Å². The maximum atomic E-state index is 12.2. The van der Waals surface area contributed by atoms with Crippen LogP contribution in [0.1, 0.15) is 200 Å². The number of ether oxygens (including phenoxy) is 2. The third kappa shape index (κ3) is 32.7. The molecule has 0 saturated carbocycles. The molecule has 0 rings (SSSR count). The summed E-state index contributed by atoms with van der Waals surface area (Å²) in [6, 6.07) is 0. The van der Waals surface area contributed by atoms with Crippen molar-refractivity contribution in [2.75, 3.05) is 33.0 Å². The molecule has 0 saturated heterocycles. The SMILES string of the molecule is CC(CO)(COC(=O)CCCCCCCCCCCCCCCCO)COC(=O)CCCCCCCCCCCCCCCCO. The topological polar surface area (TPSA) is 113 Å². The quantitative estimate of drug-likeness (QED) is 0.0451. The monoisotopic (exact) mass is 657 g/mol. The molecule has 0 spiro atoms. The van der Waals surface area contributed by atoms with Crippen LogP contribution in [0.5, 0.6) is 0 Å². The lowest BCUT2D eigenvalue weighted by Gasteiger charge is -2.26. The maximum absolute atomic E-state index is 12.2. The fraction of sp³-hybridized carbons (Fsp3) is 0.949. The van der Waals surface area contributed by atoms with Crippen LogP contribution in [0.2, 0.25) is 0 Å². The van der Waals surface area contributed by atoms with Gasteiger partial charge < -0.3 is 24.8 Å². The van der Waals surface area contributed by atoms with E-state index in [1.54, 1.807) is 6.92 Å². The van der Waals surface area contributed by atoms with Gasteiger partial charge in [0.1, 0.15) is 13.2 Å². The number of carbonyl (C=O) groups excluding carboxylic acids is 2. The summed E-state index contributed by atoms with van der Waals surface area (Å²) in [5.41, 5.74) is -0.773.